The summed E-state index contributed by atoms with van der Waals surface area (Å²) in [5.41, 5.74) is 0.990. The third kappa shape index (κ3) is 4.11. The molecule has 2 N–H and O–H groups in total. The number of rotatable bonds is 3. The van der Waals surface area contributed by atoms with Crippen LogP contribution in [0, 0.1) is 0 Å². The Kier molecular flexibility index (Phi) is 5.02. The van der Waals surface area contributed by atoms with E-state index in [9.17, 15) is 9.59 Å². The molecule has 0 atom stereocenters. The maximum atomic E-state index is 11.8. The van der Waals surface area contributed by atoms with Crippen molar-refractivity contribution >= 4 is 46.2 Å². The molecule has 1 aromatic heterocycles. The number of carbonyl (C=O) groups excluding carboxylic acids is 2. The number of benzene rings is 1. The maximum absolute atomic E-state index is 11.8. The van der Waals surface area contributed by atoms with Gasteiger partial charge >= 0.3 is 5.97 Å². The van der Waals surface area contributed by atoms with E-state index >= 15 is 0 Å². The summed E-state index contributed by atoms with van der Waals surface area (Å²) in [6.07, 6.45) is 0. The Labute approximate surface area is 130 Å². The molecule has 0 unspecified atom stereocenters. The molecule has 0 bridgehead atoms. The van der Waals surface area contributed by atoms with Gasteiger partial charge in [0, 0.05) is 5.69 Å². The maximum Gasteiger partial charge on any atom is 0.337 e. The Hall–Kier alpha value is -2.25. The second-order valence-electron chi connectivity index (χ2n) is 3.96. The lowest BCUT2D eigenvalue weighted by Crippen LogP contribution is -2.33. The van der Waals surface area contributed by atoms with Crippen molar-refractivity contribution in [2.24, 2.45) is 0 Å². The number of carbonyl (C=O) groups is 2. The van der Waals surface area contributed by atoms with Crippen LogP contribution in [0.3, 0.4) is 0 Å². The minimum atomic E-state index is -0.438. The van der Waals surface area contributed by atoms with Gasteiger partial charge in [-0.2, -0.15) is 0 Å². The smallest absolute Gasteiger partial charge is 0.337 e. The van der Waals surface area contributed by atoms with Crippen LogP contribution in [0.25, 0.3) is 0 Å². The molecular formula is C14H12N2O3S2. The normalized spacial score (nSPS) is 9.76. The molecule has 2 aromatic rings. The molecule has 2 rings (SSSR count). The Bertz CT molecular complexity index is 669. The van der Waals surface area contributed by atoms with E-state index in [0.29, 0.717) is 16.1 Å². The summed E-state index contributed by atoms with van der Waals surface area (Å²) in [5.74, 6) is -0.709. The number of hydrogen-bond donors (Lipinski definition) is 2. The molecule has 1 amide bonds. The number of esters is 1. The molecule has 21 heavy (non-hydrogen) atoms. The standard InChI is InChI=1S/C14H12N2O3S2/c1-19-13(18)9-4-2-5-10(8-9)15-14(20)16-12(17)11-6-3-7-21-11/h2-8H,1H3,(H2,15,16,17,20). The highest BCUT2D eigenvalue weighted by atomic mass is 32.1. The van der Waals surface area contributed by atoms with Crippen molar-refractivity contribution in [1.82, 2.24) is 5.32 Å². The largest absolute Gasteiger partial charge is 0.465 e. The van der Waals surface area contributed by atoms with Crippen molar-refractivity contribution in [3.63, 3.8) is 0 Å². The van der Waals surface area contributed by atoms with Crippen molar-refractivity contribution in [3.8, 4) is 0 Å². The van der Waals surface area contributed by atoms with Gasteiger partial charge in [0.25, 0.3) is 5.91 Å². The molecule has 0 saturated carbocycles. The molecular weight excluding hydrogens is 308 g/mol. The molecule has 0 aliphatic rings. The summed E-state index contributed by atoms with van der Waals surface area (Å²) in [4.78, 5) is 23.8. The fraction of sp³-hybridized carbons (Fsp3) is 0.0714. The van der Waals surface area contributed by atoms with Gasteiger partial charge in [-0.05, 0) is 41.9 Å². The topological polar surface area (TPSA) is 67.4 Å². The monoisotopic (exact) mass is 320 g/mol. The Morgan fingerprint density at radius 1 is 1.24 bits per heavy atom. The average molecular weight is 320 g/mol. The predicted molar refractivity (Wildman–Crippen MR) is 85.8 cm³/mol. The second kappa shape index (κ2) is 6.96. The third-order valence-electron chi connectivity index (χ3n) is 2.51. The minimum Gasteiger partial charge on any atom is -0.465 e. The second-order valence-corrected chi connectivity index (χ2v) is 5.31. The van der Waals surface area contributed by atoms with Crippen molar-refractivity contribution in [2.45, 2.75) is 0 Å². The van der Waals surface area contributed by atoms with Crippen molar-refractivity contribution in [1.29, 1.82) is 0 Å². The first-order chi connectivity index (χ1) is 10.1. The third-order valence-corrected chi connectivity index (χ3v) is 3.59. The Balaban J connectivity index is 2.00. The minimum absolute atomic E-state index is 0.162. The van der Waals surface area contributed by atoms with E-state index in [-0.39, 0.29) is 11.0 Å². The summed E-state index contributed by atoms with van der Waals surface area (Å²) in [6.45, 7) is 0. The number of amides is 1. The first kappa shape index (κ1) is 15.1. The van der Waals surface area contributed by atoms with Crippen molar-refractivity contribution in [2.75, 3.05) is 12.4 Å². The predicted octanol–water partition coefficient (Wildman–Crippen LogP) is 2.66. The summed E-state index contributed by atoms with van der Waals surface area (Å²) in [7, 11) is 1.31. The van der Waals surface area contributed by atoms with Crippen molar-refractivity contribution in [3.05, 3.63) is 52.2 Å². The Morgan fingerprint density at radius 3 is 2.71 bits per heavy atom. The van der Waals surface area contributed by atoms with E-state index in [0.717, 1.165) is 0 Å². The van der Waals surface area contributed by atoms with Gasteiger partial charge in [0.05, 0.1) is 17.6 Å². The molecule has 0 fully saturated rings. The van der Waals surface area contributed by atoms with Crippen LogP contribution in [0.2, 0.25) is 0 Å². The summed E-state index contributed by atoms with van der Waals surface area (Å²) >= 11 is 6.40. The van der Waals surface area contributed by atoms with Crippen LogP contribution in [-0.2, 0) is 4.74 Å². The van der Waals surface area contributed by atoms with E-state index in [1.54, 1.807) is 36.4 Å². The average Bonchev–Trinajstić information content (AvgIpc) is 3.00. The zero-order valence-electron chi connectivity index (χ0n) is 11.1. The highest BCUT2D eigenvalue weighted by Gasteiger charge is 2.10. The van der Waals surface area contributed by atoms with Crippen LogP contribution in [0.5, 0.6) is 0 Å². The van der Waals surface area contributed by atoms with Gasteiger partial charge in [0.1, 0.15) is 0 Å². The first-order valence-corrected chi connectivity index (χ1v) is 7.23. The summed E-state index contributed by atoms with van der Waals surface area (Å²) in [5, 5.41) is 7.39. The van der Waals surface area contributed by atoms with Crippen LogP contribution < -0.4 is 10.6 Å². The van der Waals surface area contributed by atoms with Gasteiger partial charge in [-0.3, -0.25) is 10.1 Å². The van der Waals surface area contributed by atoms with Gasteiger partial charge in [-0.25, -0.2) is 4.79 Å². The van der Waals surface area contributed by atoms with Crippen LogP contribution in [0.4, 0.5) is 5.69 Å². The zero-order chi connectivity index (χ0) is 15.2. The van der Waals surface area contributed by atoms with E-state index in [1.807, 2.05) is 5.38 Å². The number of methoxy groups -OCH3 is 1. The molecule has 5 nitrogen and oxygen atoms in total. The Morgan fingerprint density at radius 2 is 2.05 bits per heavy atom. The molecule has 108 valence electrons. The SMILES string of the molecule is COC(=O)c1cccc(NC(=S)NC(=O)c2cccs2)c1. The highest BCUT2D eigenvalue weighted by molar-refractivity contribution is 7.80. The number of nitrogens with one attached hydrogen (secondary N) is 2. The van der Waals surface area contributed by atoms with Crippen LogP contribution >= 0.6 is 23.6 Å². The van der Waals surface area contributed by atoms with E-state index in [1.165, 1.54) is 18.4 Å². The number of anilines is 1. The lowest BCUT2D eigenvalue weighted by atomic mass is 10.2. The molecule has 0 spiro atoms. The molecule has 0 aliphatic heterocycles. The summed E-state index contributed by atoms with van der Waals surface area (Å²) < 4.78 is 4.64. The van der Waals surface area contributed by atoms with E-state index < -0.39 is 5.97 Å². The number of hydrogen-bond acceptors (Lipinski definition) is 5. The van der Waals surface area contributed by atoms with Gasteiger partial charge in [-0.1, -0.05) is 12.1 Å². The fourth-order valence-electron chi connectivity index (χ4n) is 1.58. The molecule has 0 saturated heterocycles. The molecule has 1 heterocycles. The lowest BCUT2D eigenvalue weighted by molar-refractivity contribution is 0.0600. The number of ether oxygens (including phenoxy) is 1. The van der Waals surface area contributed by atoms with Gasteiger partial charge < -0.3 is 10.1 Å². The molecule has 0 radical (unpaired) electrons. The highest BCUT2D eigenvalue weighted by Crippen LogP contribution is 2.12. The lowest BCUT2D eigenvalue weighted by Gasteiger charge is -2.09. The quantitative estimate of drug-likeness (QED) is 0.672. The van der Waals surface area contributed by atoms with E-state index in [4.69, 9.17) is 12.2 Å². The van der Waals surface area contributed by atoms with E-state index in [2.05, 4.69) is 15.4 Å². The van der Waals surface area contributed by atoms with Gasteiger partial charge in [0.2, 0.25) is 0 Å². The van der Waals surface area contributed by atoms with Crippen LogP contribution in [0.1, 0.15) is 20.0 Å². The molecule has 0 aliphatic carbocycles. The molecule has 7 heteroatoms. The number of thiocarbonyl (C=S) groups is 1. The van der Waals surface area contributed by atoms with Crippen LogP contribution in [0.15, 0.2) is 41.8 Å². The zero-order valence-corrected chi connectivity index (χ0v) is 12.7. The van der Waals surface area contributed by atoms with Crippen LogP contribution in [-0.4, -0.2) is 24.1 Å². The fourth-order valence-corrected chi connectivity index (χ4v) is 2.41. The van der Waals surface area contributed by atoms with Gasteiger partial charge in [0.15, 0.2) is 5.11 Å². The molecule has 1 aromatic carbocycles. The van der Waals surface area contributed by atoms with Crippen molar-refractivity contribution < 1.29 is 14.3 Å². The summed E-state index contributed by atoms with van der Waals surface area (Å²) in [6, 6.07) is 10.1. The van der Waals surface area contributed by atoms with Gasteiger partial charge in [-0.15, -0.1) is 11.3 Å². The number of thiophene rings is 1. The first-order valence-electron chi connectivity index (χ1n) is 5.94.